The number of nitrogens with zero attached hydrogens (tertiary/aromatic N) is 2. The molecule has 1 amide bonds. The van der Waals surface area contributed by atoms with E-state index in [9.17, 15) is 27.5 Å². The number of alkyl halides is 3. The van der Waals surface area contributed by atoms with Crippen molar-refractivity contribution in [1.29, 1.82) is 0 Å². The van der Waals surface area contributed by atoms with E-state index in [-0.39, 0.29) is 16.9 Å². The Bertz CT molecular complexity index is 1100. The van der Waals surface area contributed by atoms with E-state index in [1.165, 1.54) is 24.3 Å². The molecule has 2 aromatic carbocycles. The standard InChI is InChI=1S/C21H19F4N3O2/c1-20(2,3)12-8-9-17(29)15(10-12)27-19(30)13-11-26-28(18(13)21(23,24)25)16-7-5-4-6-14(16)22/h4-11,29H,1-3H3,(H,27,30). The highest BCUT2D eigenvalue weighted by atomic mass is 19.4. The van der Waals surface area contributed by atoms with Crippen molar-refractivity contribution in [3.63, 3.8) is 0 Å². The van der Waals surface area contributed by atoms with Crippen LogP contribution in [0.2, 0.25) is 0 Å². The van der Waals surface area contributed by atoms with Gasteiger partial charge in [-0.2, -0.15) is 18.3 Å². The van der Waals surface area contributed by atoms with Crippen molar-refractivity contribution in [2.75, 3.05) is 5.32 Å². The molecule has 0 radical (unpaired) electrons. The molecular weight excluding hydrogens is 402 g/mol. The molecule has 9 heteroatoms. The molecular formula is C21H19F4N3O2. The predicted octanol–water partition coefficient (Wildman–Crippen LogP) is 5.29. The largest absolute Gasteiger partial charge is 0.506 e. The third-order valence-electron chi connectivity index (χ3n) is 4.47. The molecule has 0 atom stereocenters. The fraction of sp³-hybridized carbons (Fsp3) is 0.238. The van der Waals surface area contributed by atoms with Gasteiger partial charge in [0.15, 0.2) is 5.69 Å². The van der Waals surface area contributed by atoms with Crippen LogP contribution >= 0.6 is 0 Å². The molecule has 1 aromatic heterocycles. The van der Waals surface area contributed by atoms with Gasteiger partial charge < -0.3 is 10.4 Å². The molecule has 0 bridgehead atoms. The smallest absolute Gasteiger partial charge is 0.434 e. The quantitative estimate of drug-likeness (QED) is 0.446. The van der Waals surface area contributed by atoms with Crippen LogP contribution in [-0.4, -0.2) is 20.8 Å². The second kappa shape index (κ2) is 7.47. The highest BCUT2D eigenvalue weighted by Gasteiger charge is 2.41. The highest BCUT2D eigenvalue weighted by molar-refractivity contribution is 6.06. The van der Waals surface area contributed by atoms with E-state index in [4.69, 9.17) is 0 Å². The lowest BCUT2D eigenvalue weighted by molar-refractivity contribution is -0.143. The summed E-state index contributed by atoms with van der Waals surface area (Å²) in [4.78, 5) is 12.7. The van der Waals surface area contributed by atoms with Gasteiger partial charge in [0.2, 0.25) is 0 Å². The number of anilines is 1. The molecule has 0 saturated heterocycles. The van der Waals surface area contributed by atoms with E-state index in [0.29, 0.717) is 4.68 Å². The number of benzene rings is 2. The lowest BCUT2D eigenvalue weighted by atomic mass is 9.87. The molecule has 5 nitrogen and oxygen atoms in total. The number of phenolic OH excluding ortho intramolecular Hbond substituents is 1. The molecule has 3 aromatic rings. The maximum absolute atomic E-state index is 14.0. The maximum Gasteiger partial charge on any atom is 0.434 e. The van der Waals surface area contributed by atoms with E-state index < -0.39 is 34.8 Å². The summed E-state index contributed by atoms with van der Waals surface area (Å²) in [5.41, 5.74) is -2.27. The normalized spacial score (nSPS) is 12.1. The number of hydrogen-bond donors (Lipinski definition) is 2. The van der Waals surface area contributed by atoms with Gasteiger partial charge >= 0.3 is 6.18 Å². The summed E-state index contributed by atoms with van der Waals surface area (Å²) in [7, 11) is 0. The van der Waals surface area contributed by atoms with Gasteiger partial charge in [0.25, 0.3) is 5.91 Å². The number of aromatic hydroxyl groups is 1. The molecule has 0 aliphatic heterocycles. The second-order valence-electron chi connectivity index (χ2n) is 7.70. The maximum atomic E-state index is 14.0. The number of carbonyl (C=O) groups excluding carboxylic acids is 1. The van der Waals surface area contributed by atoms with Crippen LogP contribution in [0.1, 0.15) is 42.4 Å². The summed E-state index contributed by atoms with van der Waals surface area (Å²) in [6.07, 6.45) is -4.27. The number of rotatable bonds is 3. The van der Waals surface area contributed by atoms with Crippen LogP contribution in [0.15, 0.2) is 48.7 Å². The van der Waals surface area contributed by atoms with Gasteiger partial charge in [-0.1, -0.05) is 39.0 Å². The fourth-order valence-corrected chi connectivity index (χ4v) is 2.89. The number of hydrogen-bond acceptors (Lipinski definition) is 3. The van der Waals surface area contributed by atoms with Crippen LogP contribution in [-0.2, 0) is 11.6 Å². The van der Waals surface area contributed by atoms with Crippen molar-refractivity contribution in [2.45, 2.75) is 32.4 Å². The Kier molecular flexibility index (Phi) is 5.32. The zero-order valence-corrected chi connectivity index (χ0v) is 16.4. The molecule has 2 N–H and O–H groups in total. The SMILES string of the molecule is CC(C)(C)c1ccc(O)c(NC(=O)c2cnn(-c3ccccc3F)c2C(F)(F)F)c1. The van der Waals surface area contributed by atoms with Crippen molar-refractivity contribution in [3.8, 4) is 11.4 Å². The van der Waals surface area contributed by atoms with Crippen molar-refractivity contribution in [2.24, 2.45) is 0 Å². The average molecular weight is 421 g/mol. The van der Waals surface area contributed by atoms with Gasteiger partial charge in [-0.3, -0.25) is 4.79 Å². The van der Waals surface area contributed by atoms with Crippen LogP contribution in [0.5, 0.6) is 5.75 Å². The van der Waals surface area contributed by atoms with Gasteiger partial charge in [0.1, 0.15) is 17.3 Å². The van der Waals surface area contributed by atoms with E-state index in [1.54, 1.807) is 6.07 Å². The van der Waals surface area contributed by atoms with E-state index >= 15 is 0 Å². The van der Waals surface area contributed by atoms with Crippen molar-refractivity contribution < 1.29 is 27.5 Å². The minimum absolute atomic E-state index is 0.0424. The molecule has 0 aliphatic carbocycles. The minimum Gasteiger partial charge on any atom is -0.506 e. The molecule has 158 valence electrons. The van der Waals surface area contributed by atoms with Crippen LogP contribution < -0.4 is 5.32 Å². The third-order valence-corrected chi connectivity index (χ3v) is 4.47. The van der Waals surface area contributed by atoms with Gasteiger partial charge in [-0.15, -0.1) is 0 Å². The van der Waals surface area contributed by atoms with Gasteiger partial charge in [0, 0.05) is 0 Å². The third kappa shape index (κ3) is 4.14. The average Bonchev–Trinajstić information content (AvgIpc) is 3.08. The molecule has 0 aliphatic rings. The fourth-order valence-electron chi connectivity index (χ4n) is 2.89. The summed E-state index contributed by atoms with van der Waals surface area (Å²) in [6.45, 7) is 5.72. The zero-order valence-electron chi connectivity index (χ0n) is 16.4. The van der Waals surface area contributed by atoms with Crippen molar-refractivity contribution in [3.05, 3.63) is 71.3 Å². The van der Waals surface area contributed by atoms with E-state index in [0.717, 1.165) is 23.9 Å². The Morgan fingerprint density at radius 2 is 1.77 bits per heavy atom. The first-order chi connectivity index (χ1) is 13.9. The second-order valence-corrected chi connectivity index (χ2v) is 7.70. The number of nitrogens with one attached hydrogen (secondary N) is 1. The molecule has 30 heavy (non-hydrogen) atoms. The van der Waals surface area contributed by atoms with Gasteiger partial charge in [0.05, 0.1) is 17.4 Å². The Hall–Kier alpha value is -3.36. The van der Waals surface area contributed by atoms with Gasteiger partial charge in [-0.05, 0) is 35.2 Å². The molecule has 0 saturated carbocycles. The van der Waals surface area contributed by atoms with Gasteiger partial charge in [-0.25, -0.2) is 9.07 Å². The molecule has 1 heterocycles. The first kappa shape index (κ1) is 21.4. The molecule has 3 rings (SSSR count). The van der Waals surface area contributed by atoms with E-state index in [1.807, 2.05) is 20.8 Å². The number of halogens is 4. The topological polar surface area (TPSA) is 67.2 Å². The summed E-state index contributed by atoms with van der Waals surface area (Å²) < 4.78 is 55.6. The number of phenols is 1. The van der Waals surface area contributed by atoms with Crippen molar-refractivity contribution >= 4 is 11.6 Å². The Labute approximate surface area is 170 Å². The molecule has 0 spiro atoms. The Balaban J connectivity index is 2.05. The Morgan fingerprint density at radius 1 is 1.10 bits per heavy atom. The summed E-state index contributed by atoms with van der Waals surface area (Å²) in [5, 5.41) is 15.9. The highest BCUT2D eigenvalue weighted by Crippen LogP contribution is 2.35. The monoisotopic (exact) mass is 421 g/mol. The lowest BCUT2D eigenvalue weighted by Crippen LogP contribution is -2.21. The summed E-state index contributed by atoms with van der Waals surface area (Å²) >= 11 is 0. The number of para-hydroxylation sites is 1. The minimum atomic E-state index is -4.99. The van der Waals surface area contributed by atoms with Crippen LogP contribution in [0.4, 0.5) is 23.2 Å². The van der Waals surface area contributed by atoms with Crippen LogP contribution in [0.25, 0.3) is 5.69 Å². The number of carbonyl (C=O) groups is 1. The summed E-state index contributed by atoms with van der Waals surface area (Å²) in [5.74, 6) is -2.36. The van der Waals surface area contributed by atoms with Crippen LogP contribution in [0.3, 0.4) is 0 Å². The zero-order chi connectivity index (χ0) is 22.3. The van der Waals surface area contributed by atoms with Crippen LogP contribution in [0, 0.1) is 5.82 Å². The first-order valence-electron chi connectivity index (χ1n) is 8.94. The van der Waals surface area contributed by atoms with Crippen molar-refractivity contribution in [1.82, 2.24) is 9.78 Å². The number of aromatic nitrogens is 2. The Morgan fingerprint density at radius 3 is 2.37 bits per heavy atom. The lowest BCUT2D eigenvalue weighted by Gasteiger charge is -2.20. The summed E-state index contributed by atoms with van der Waals surface area (Å²) in [6, 6.07) is 9.29. The predicted molar refractivity (Wildman–Crippen MR) is 103 cm³/mol. The molecule has 0 unspecified atom stereocenters. The molecule has 0 fully saturated rings. The van der Waals surface area contributed by atoms with E-state index in [2.05, 4.69) is 10.4 Å². The first-order valence-corrected chi connectivity index (χ1v) is 8.94. The number of amides is 1.